The highest BCUT2D eigenvalue weighted by atomic mass is 127. The van der Waals surface area contributed by atoms with Crippen molar-refractivity contribution in [1.82, 2.24) is 0 Å². The molecule has 0 aromatic carbocycles. The third-order valence-electron chi connectivity index (χ3n) is 0.284. The number of ether oxygens (including phenoxy) is 1. The van der Waals surface area contributed by atoms with Crippen LogP contribution in [0.1, 0.15) is 6.92 Å². The molecule has 0 rings (SSSR count). The van der Waals surface area contributed by atoms with Crippen LogP contribution in [-0.2, 0) is 4.74 Å². The van der Waals surface area contributed by atoms with E-state index < -0.39 is 0 Å². The molecule has 0 N–H and O–H groups in total. The van der Waals surface area contributed by atoms with Crippen LogP contribution >= 0.6 is 22.6 Å². The number of halogens is 1. The second-order valence-corrected chi connectivity index (χ2v) is 2.60. The number of rotatable bonds is 2. The van der Waals surface area contributed by atoms with Crippen molar-refractivity contribution in [3.63, 3.8) is 0 Å². The van der Waals surface area contributed by atoms with Crippen molar-refractivity contribution in [2.75, 3.05) is 0 Å². The van der Waals surface area contributed by atoms with Crippen LogP contribution in [0.3, 0.4) is 0 Å². The maximum Gasteiger partial charge on any atom is 0.145 e. The van der Waals surface area contributed by atoms with E-state index in [1.165, 1.54) is 6.26 Å². The van der Waals surface area contributed by atoms with Crippen LogP contribution in [0.2, 0.25) is 0 Å². The summed E-state index contributed by atoms with van der Waals surface area (Å²) < 4.78 is 5.04. The van der Waals surface area contributed by atoms with Crippen LogP contribution in [0.5, 0.6) is 0 Å². The zero-order chi connectivity index (χ0) is 4.99. The fourth-order valence-corrected chi connectivity index (χ4v) is 0.340. The van der Waals surface area contributed by atoms with Gasteiger partial charge in [-0.2, -0.15) is 0 Å². The predicted molar refractivity (Wildman–Crippen MR) is 34.8 cm³/mol. The van der Waals surface area contributed by atoms with Gasteiger partial charge in [-0.05, 0) is 29.5 Å². The van der Waals surface area contributed by atoms with Gasteiger partial charge in [-0.25, -0.2) is 0 Å². The van der Waals surface area contributed by atoms with Gasteiger partial charge in [0, 0.05) is 0 Å². The first-order chi connectivity index (χ1) is 2.77. The minimum Gasteiger partial charge on any atom is -0.489 e. The Hall–Kier alpha value is 0.270. The van der Waals surface area contributed by atoms with E-state index in [4.69, 9.17) is 4.74 Å². The smallest absolute Gasteiger partial charge is 0.145 e. The lowest BCUT2D eigenvalue weighted by atomic mass is 10.9. The van der Waals surface area contributed by atoms with Crippen LogP contribution in [0.15, 0.2) is 12.8 Å². The Bertz CT molecular complexity index is 42.8. The Balaban J connectivity index is 2.81. The molecule has 0 spiro atoms. The van der Waals surface area contributed by atoms with Gasteiger partial charge < -0.3 is 4.74 Å². The zero-order valence-corrected chi connectivity index (χ0v) is 5.81. The van der Waals surface area contributed by atoms with E-state index in [0.717, 1.165) is 0 Å². The minimum absolute atomic E-state index is 0.250. The maximum absolute atomic E-state index is 4.79. The van der Waals surface area contributed by atoms with Crippen LogP contribution in [0, 0.1) is 0 Å². The van der Waals surface area contributed by atoms with Gasteiger partial charge in [0.15, 0.2) is 0 Å². The molecule has 0 saturated carbocycles. The van der Waals surface area contributed by atoms with Gasteiger partial charge in [0.2, 0.25) is 0 Å². The van der Waals surface area contributed by atoms with Gasteiger partial charge >= 0.3 is 0 Å². The summed E-state index contributed by atoms with van der Waals surface area (Å²) in [6, 6.07) is 0. The molecule has 0 bridgehead atoms. The van der Waals surface area contributed by atoms with Gasteiger partial charge in [-0.1, -0.05) is 6.58 Å². The fourth-order valence-electron chi connectivity index (χ4n) is 0.133. The van der Waals surface area contributed by atoms with Crippen molar-refractivity contribution in [2.24, 2.45) is 0 Å². The van der Waals surface area contributed by atoms with Crippen LogP contribution in [-0.4, -0.2) is 4.11 Å². The van der Waals surface area contributed by atoms with E-state index in [9.17, 15) is 0 Å². The summed E-state index contributed by atoms with van der Waals surface area (Å²) in [5.74, 6) is 0. The van der Waals surface area contributed by atoms with Crippen LogP contribution in [0.4, 0.5) is 0 Å². The quantitative estimate of drug-likeness (QED) is 0.374. The normalized spacial score (nSPS) is 13.0. The first-order valence-electron chi connectivity index (χ1n) is 1.68. The molecule has 1 nitrogen and oxygen atoms in total. The third-order valence-corrected chi connectivity index (χ3v) is 0.577. The lowest BCUT2D eigenvalue weighted by molar-refractivity contribution is 0.254. The average molecular weight is 198 g/mol. The summed E-state index contributed by atoms with van der Waals surface area (Å²) in [4.78, 5) is 0. The van der Waals surface area contributed by atoms with E-state index in [1.54, 1.807) is 0 Å². The monoisotopic (exact) mass is 198 g/mol. The summed E-state index contributed by atoms with van der Waals surface area (Å²) >= 11 is 2.15. The van der Waals surface area contributed by atoms with Gasteiger partial charge in [0.25, 0.3) is 0 Å². The Morgan fingerprint density at radius 2 is 2.50 bits per heavy atom. The van der Waals surface area contributed by atoms with Gasteiger partial charge in [-0.3, -0.25) is 0 Å². The van der Waals surface area contributed by atoms with Gasteiger partial charge in [-0.15, -0.1) is 0 Å². The topological polar surface area (TPSA) is 9.23 Å². The molecule has 36 valence electrons. The molecule has 0 aliphatic rings. The molecule has 2 heteroatoms. The SMILES string of the molecule is C=COC(C)I. The predicted octanol–water partition coefficient (Wildman–Crippen LogP) is 1.93. The molecule has 0 aromatic heterocycles. The lowest BCUT2D eigenvalue weighted by Crippen LogP contribution is -1.87. The Labute approximate surface area is 51.5 Å². The highest BCUT2D eigenvalue weighted by Gasteiger charge is 1.83. The molecule has 0 aliphatic carbocycles. The summed E-state index contributed by atoms with van der Waals surface area (Å²) in [5.41, 5.74) is 0. The Morgan fingerprint density at radius 3 is 2.50 bits per heavy atom. The molecule has 0 radical (unpaired) electrons. The molecule has 0 heterocycles. The second-order valence-electron chi connectivity index (χ2n) is 0.846. The molecule has 0 fully saturated rings. The Morgan fingerprint density at radius 1 is 2.00 bits per heavy atom. The second kappa shape index (κ2) is 3.46. The average Bonchev–Trinajstić information content (AvgIpc) is 1.35. The zero-order valence-electron chi connectivity index (χ0n) is 3.65. The number of alkyl halides is 1. The number of hydrogen-bond donors (Lipinski definition) is 0. The van der Waals surface area contributed by atoms with Crippen LogP contribution < -0.4 is 0 Å². The maximum atomic E-state index is 4.79. The molecule has 6 heavy (non-hydrogen) atoms. The molecule has 1 atom stereocenters. The number of hydrogen-bond acceptors (Lipinski definition) is 1. The lowest BCUT2D eigenvalue weighted by Gasteiger charge is -1.97. The van der Waals surface area contributed by atoms with Gasteiger partial charge in [0.05, 0.1) is 6.26 Å². The Kier molecular flexibility index (Phi) is 3.62. The van der Waals surface area contributed by atoms with Crippen molar-refractivity contribution < 1.29 is 4.74 Å². The summed E-state index contributed by atoms with van der Waals surface area (Å²) in [6.45, 7) is 5.32. The minimum atomic E-state index is 0.250. The molecule has 0 amide bonds. The molecule has 0 saturated heterocycles. The first-order valence-corrected chi connectivity index (χ1v) is 2.92. The largest absolute Gasteiger partial charge is 0.489 e. The van der Waals surface area contributed by atoms with Crippen LogP contribution in [0.25, 0.3) is 0 Å². The van der Waals surface area contributed by atoms with Crippen molar-refractivity contribution in [3.05, 3.63) is 12.8 Å². The van der Waals surface area contributed by atoms with E-state index in [-0.39, 0.29) is 4.11 Å². The molecule has 0 aromatic rings. The van der Waals surface area contributed by atoms with E-state index in [1.807, 2.05) is 6.92 Å². The molecule has 1 unspecified atom stereocenters. The molecule has 0 aliphatic heterocycles. The third kappa shape index (κ3) is 4.27. The van der Waals surface area contributed by atoms with E-state index in [0.29, 0.717) is 0 Å². The van der Waals surface area contributed by atoms with E-state index >= 15 is 0 Å². The van der Waals surface area contributed by atoms with E-state index in [2.05, 4.69) is 29.2 Å². The van der Waals surface area contributed by atoms with Gasteiger partial charge in [0.1, 0.15) is 4.11 Å². The molecular formula is C4H7IO. The standard InChI is InChI=1S/C4H7IO/c1-3-6-4(2)5/h3-4H,1H2,2H3. The summed E-state index contributed by atoms with van der Waals surface area (Å²) in [7, 11) is 0. The molecular weight excluding hydrogens is 191 g/mol. The highest BCUT2D eigenvalue weighted by Crippen LogP contribution is 1.98. The van der Waals surface area contributed by atoms with Crippen molar-refractivity contribution in [2.45, 2.75) is 11.0 Å². The fraction of sp³-hybridized carbons (Fsp3) is 0.500. The summed E-state index contributed by atoms with van der Waals surface area (Å²) in [5, 5.41) is 0. The first kappa shape index (κ1) is 6.27. The summed E-state index contributed by atoms with van der Waals surface area (Å²) in [6.07, 6.45) is 1.44. The van der Waals surface area contributed by atoms with Crippen molar-refractivity contribution in [3.8, 4) is 0 Å². The van der Waals surface area contributed by atoms with Crippen molar-refractivity contribution in [1.29, 1.82) is 0 Å². The highest BCUT2D eigenvalue weighted by molar-refractivity contribution is 14.1. The van der Waals surface area contributed by atoms with Crippen molar-refractivity contribution >= 4 is 22.6 Å².